The highest BCUT2D eigenvalue weighted by Crippen LogP contribution is 2.45. The number of esters is 1. The summed E-state index contributed by atoms with van der Waals surface area (Å²) in [5, 5.41) is 10.8. The highest BCUT2D eigenvalue weighted by atomic mass is 16.6. The van der Waals surface area contributed by atoms with Crippen LogP contribution in [-0.2, 0) is 9.53 Å². The Bertz CT molecular complexity index is 778. The number of cyclic esters (lactones) is 1. The van der Waals surface area contributed by atoms with Crippen molar-refractivity contribution in [2.75, 3.05) is 0 Å². The predicted molar refractivity (Wildman–Crippen MR) is 85.0 cm³/mol. The van der Waals surface area contributed by atoms with Gasteiger partial charge in [-0.15, -0.1) is 0 Å². The Kier molecular flexibility index (Phi) is 3.70. The van der Waals surface area contributed by atoms with Gasteiger partial charge in [0.25, 0.3) is 5.69 Å². The minimum Gasteiger partial charge on any atom is -0.453 e. The molecule has 2 aromatic rings. The van der Waals surface area contributed by atoms with E-state index in [0.717, 1.165) is 11.1 Å². The van der Waals surface area contributed by atoms with Gasteiger partial charge in [-0.3, -0.25) is 10.1 Å². The summed E-state index contributed by atoms with van der Waals surface area (Å²) in [5.41, 5.74) is 3.18. The van der Waals surface area contributed by atoms with Gasteiger partial charge in [0.15, 0.2) is 0 Å². The molecule has 0 unspecified atom stereocenters. The van der Waals surface area contributed by atoms with Gasteiger partial charge in [-0.2, -0.15) is 0 Å². The van der Waals surface area contributed by atoms with Crippen LogP contribution in [0.2, 0.25) is 0 Å². The standard InChI is InChI=1S/C18H15NO4/c1-11-3-5-13(6-4-11)16-12(2)18(20)23-17(16)14-7-9-15(10-8-14)19(21)22/h3-10,16-17H,2H2,1H3/t16-,17+/m1/s1. The number of carbonyl (C=O) groups is 1. The van der Waals surface area contributed by atoms with E-state index in [9.17, 15) is 14.9 Å². The maximum absolute atomic E-state index is 12.0. The normalized spacial score (nSPS) is 20.4. The first kappa shape index (κ1) is 15.0. The second-order valence-electron chi connectivity index (χ2n) is 5.59. The summed E-state index contributed by atoms with van der Waals surface area (Å²) in [6, 6.07) is 13.9. The van der Waals surface area contributed by atoms with Crippen LogP contribution in [0.3, 0.4) is 0 Å². The topological polar surface area (TPSA) is 69.4 Å². The Morgan fingerprint density at radius 1 is 1.04 bits per heavy atom. The van der Waals surface area contributed by atoms with E-state index in [2.05, 4.69) is 6.58 Å². The zero-order chi connectivity index (χ0) is 16.6. The Morgan fingerprint density at radius 3 is 2.17 bits per heavy atom. The van der Waals surface area contributed by atoms with E-state index >= 15 is 0 Å². The molecule has 0 bridgehead atoms. The van der Waals surface area contributed by atoms with Crippen molar-refractivity contribution in [3.8, 4) is 0 Å². The van der Waals surface area contributed by atoms with Gasteiger partial charge in [0.05, 0.1) is 10.8 Å². The highest BCUT2D eigenvalue weighted by molar-refractivity contribution is 5.92. The number of hydrogen-bond donors (Lipinski definition) is 0. The van der Waals surface area contributed by atoms with Crippen molar-refractivity contribution in [3.63, 3.8) is 0 Å². The molecule has 1 saturated heterocycles. The number of non-ortho nitro benzene ring substituents is 1. The summed E-state index contributed by atoms with van der Waals surface area (Å²) in [6.45, 7) is 5.84. The van der Waals surface area contributed by atoms with Crippen molar-refractivity contribution in [1.29, 1.82) is 0 Å². The molecule has 1 aliphatic heterocycles. The molecule has 5 heteroatoms. The van der Waals surface area contributed by atoms with Gasteiger partial charge in [-0.1, -0.05) is 36.4 Å². The monoisotopic (exact) mass is 309 g/mol. The van der Waals surface area contributed by atoms with Crippen LogP contribution in [0.5, 0.6) is 0 Å². The molecule has 2 atom stereocenters. The molecule has 1 fully saturated rings. The van der Waals surface area contributed by atoms with E-state index in [1.165, 1.54) is 12.1 Å². The fraction of sp³-hybridized carbons (Fsp3) is 0.167. The number of nitro benzene ring substituents is 1. The summed E-state index contributed by atoms with van der Waals surface area (Å²) in [6.07, 6.45) is -0.515. The largest absolute Gasteiger partial charge is 0.453 e. The molecule has 23 heavy (non-hydrogen) atoms. The molecule has 3 rings (SSSR count). The fourth-order valence-corrected chi connectivity index (χ4v) is 2.76. The summed E-state index contributed by atoms with van der Waals surface area (Å²) >= 11 is 0. The van der Waals surface area contributed by atoms with E-state index in [0.29, 0.717) is 11.1 Å². The van der Waals surface area contributed by atoms with Crippen molar-refractivity contribution >= 4 is 11.7 Å². The molecule has 0 aliphatic carbocycles. The molecule has 0 radical (unpaired) electrons. The number of aryl methyl sites for hydroxylation is 1. The van der Waals surface area contributed by atoms with Crippen LogP contribution in [0.15, 0.2) is 60.7 Å². The van der Waals surface area contributed by atoms with Gasteiger partial charge in [0.2, 0.25) is 0 Å². The zero-order valence-electron chi connectivity index (χ0n) is 12.6. The van der Waals surface area contributed by atoms with Gasteiger partial charge in [-0.05, 0) is 30.2 Å². The molecular weight excluding hydrogens is 294 g/mol. The Labute approximate surface area is 133 Å². The molecule has 0 N–H and O–H groups in total. The van der Waals surface area contributed by atoms with Crippen LogP contribution in [0, 0.1) is 17.0 Å². The lowest BCUT2D eigenvalue weighted by Crippen LogP contribution is -2.07. The van der Waals surface area contributed by atoms with E-state index in [1.54, 1.807) is 12.1 Å². The smallest absolute Gasteiger partial charge is 0.334 e. The van der Waals surface area contributed by atoms with E-state index < -0.39 is 17.0 Å². The summed E-state index contributed by atoms with van der Waals surface area (Å²) in [7, 11) is 0. The fourth-order valence-electron chi connectivity index (χ4n) is 2.76. The molecule has 0 amide bonds. The number of rotatable bonds is 3. The van der Waals surface area contributed by atoms with Gasteiger partial charge in [0.1, 0.15) is 6.10 Å². The number of nitro groups is 1. The first-order valence-corrected chi connectivity index (χ1v) is 7.18. The molecular formula is C18H15NO4. The first-order valence-electron chi connectivity index (χ1n) is 7.18. The maximum Gasteiger partial charge on any atom is 0.334 e. The lowest BCUT2D eigenvalue weighted by molar-refractivity contribution is -0.384. The summed E-state index contributed by atoms with van der Waals surface area (Å²) < 4.78 is 5.45. The maximum atomic E-state index is 12.0. The van der Waals surface area contributed by atoms with E-state index in [1.807, 2.05) is 31.2 Å². The van der Waals surface area contributed by atoms with E-state index in [4.69, 9.17) is 4.74 Å². The molecule has 1 heterocycles. The number of carbonyl (C=O) groups excluding carboxylic acids is 1. The second kappa shape index (κ2) is 5.68. The highest BCUT2D eigenvalue weighted by Gasteiger charge is 2.40. The number of nitrogens with zero attached hydrogens (tertiary/aromatic N) is 1. The number of hydrogen-bond acceptors (Lipinski definition) is 4. The lowest BCUT2D eigenvalue weighted by Gasteiger charge is -2.18. The lowest BCUT2D eigenvalue weighted by atomic mass is 9.86. The van der Waals surface area contributed by atoms with Crippen molar-refractivity contribution in [1.82, 2.24) is 0 Å². The molecule has 5 nitrogen and oxygen atoms in total. The minimum atomic E-state index is -0.515. The third-order valence-corrected chi connectivity index (χ3v) is 4.04. The Balaban J connectivity index is 1.98. The molecule has 0 saturated carbocycles. The van der Waals surface area contributed by atoms with Gasteiger partial charge in [-0.25, -0.2) is 4.79 Å². The van der Waals surface area contributed by atoms with Crippen molar-refractivity contribution in [2.24, 2.45) is 0 Å². The second-order valence-corrected chi connectivity index (χ2v) is 5.59. The Hall–Kier alpha value is -2.95. The molecule has 0 aromatic heterocycles. The van der Waals surface area contributed by atoms with Crippen molar-refractivity contribution < 1.29 is 14.5 Å². The Morgan fingerprint density at radius 2 is 1.61 bits per heavy atom. The molecule has 0 spiro atoms. The van der Waals surface area contributed by atoms with Crippen LogP contribution in [0.1, 0.15) is 28.7 Å². The van der Waals surface area contributed by atoms with Crippen LogP contribution in [0.4, 0.5) is 5.69 Å². The summed E-state index contributed by atoms with van der Waals surface area (Å²) in [5.74, 6) is -0.719. The van der Waals surface area contributed by atoms with Crippen molar-refractivity contribution in [2.45, 2.75) is 18.9 Å². The zero-order valence-corrected chi connectivity index (χ0v) is 12.6. The number of ether oxygens (including phenoxy) is 1. The average Bonchev–Trinajstić information content (AvgIpc) is 2.84. The summed E-state index contributed by atoms with van der Waals surface area (Å²) in [4.78, 5) is 22.3. The molecule has 1 aliphatic rings. The minimum absolute atomic E-state index is 0.00351. The molecule has 116 valence electrons. The third kappa shape index (κ3) is 2.73. The van der Waals surface area contributed by atoms with Gasteiger partial charge >= 0.3 is 5.97 Å². The van der Waals surface area contributed by atoms with Gasteiger partial charge in [0, 0.05) is 17.7 Å². The predicted octanol–water partition coefficient (Wildman–Crippen LogP) is 3.84. The quantitative estimate of drug-likeness (QED) is 0.374. The number of benzene rings is 2. The first-order chi connectivity index (χ1) is 11.0. The molecule has 2 aromatic carbocycles. The van der Waals surface area contributed by atoms with Crippen LogP contribution < -0.4 is 0 Å². The van der Waals surface area contributed by atoms with Crippen LogP contribution >= 0.6 is 0 Å². The SMILES string of the molecule is C=C1C(=O)O[C@@H](c2ccc([N+](=O)[O-])cc2)[C@H]1c1ccc(C)cc1. The average molecular weight is 309 g/mol. The van der Waals surface area contributed by atoms with Crippen LogP contribution in [-0.4, -0.2) is 10.9 Å². The van der Waals surface area contributed by atoms with E-state index in [-0.39, 0.29) is 11.6 Å². The van der Waals surface area contributed by atoms with Crippen molar-refractivity contribution in [3.05, 3.63) is 87.5 Å². The van der Waals surface area contributed by atoms with Gasteiger partial charge < -0.3 is 4.74 Å². The van der Waals surface area contributed by atoms with Crippen LogP contribution in [0.25, 0.3) is 0 Å². The third-order valence-electron chi connectivity index (χ3n) is 4.04.